The van der Waals surface area contributed by atoms with Gasteiger partial charge in [-0.1, -0.05) is 12.1 Å². The van der Waals surface area contributed by atoms with E-state index in [-0.39, 0.29) is 17.7 Å². The highest BCUT2D eigenvalue weighted by atomic mass is 16.5. The van der Waals surface area contributed by atoms with Crippen LogP contribution in [-0.2, 0) is 21.4 Å². The van der Waals surface area contributed by atoms with E-state index in [0.29, 0.717) is 37.0 Å². The molecule has 0 atom stereocenters. The van der Waals surface area contributed by atoms with E-state index in [1.165, 1.54) is 5.56 Å². The van der Waals surface area contributed by atoms with Crippen LogP contribution in [0, 0.1) is 0 Å². The molecule has 168 valence electrons. The zero-order chi connectivity index (χ0) is 22.3. The summed E-state index contributed by atoms with van der Waals surface area (Å²) in [5.41, 5.74) is 1.82. The number of nitrogens with one attached hydrogen (secondary N) is 1. The first-order valence-electron chi connectivity index (χ1n) is 10.3. The van der Waals surface area contributed by atoms with Crippen molar-refractivity contribution in [3.8, 4) is 23.0 Å². The van der Waals surface area contributed by atoms with Crippen LogP contribution in [0.15, 0.2) is 36.4 Å². The molecule has 0 unspecified atom stereocenters. The molecule has 0 bridgehead atoms. The summed E-state index contributed by atoms with van der Waals surface area (Å²) in [6.07, 6.45) is 1.92. The van der Waals surface area contributed by atoms with Crippen molar-refractivity contribution >= 4 is 5.91 Å². The molecule has 7 nitrogen and oxygen atoms in total. The standard InChI is InChI=1S/C24H31NO6/c1-27-19-7-5-18(6-8-19)24(9-11-31-12-10-24)16-25-22(26)15-17-13-20(28-2)23(30-4)21(14-17)29-3/h5-8,13-14H,9-12,15-16H2,1-4H3,(H,25,26). The van der Waals surface area contributed by atoms with E-state index in [1.54, 1.807) is 40.6 Å². The molecule has 2 aromatic carbocycles. The minimum Gasteiger partial charge on any atom is -0.497 e. The van der Waals surface area contributed by atoms with Gasteiger partial charge in [-0.05, 0) is 48.2 Å². The fourth-order valence-electron chi connectivity index (χ4n) is 4.03. The highest BCUT2D eigenvalue weighted by molar-refractivity contribution is 5.79. The highest BCUT2D eigenvalue weighted by Crippen LogP contribution is 2.38. The molecule has 2 aromatic rings. The molecule has 1 aliphatic rings. The molecule has 1 aliphatic heterocycles. The monoisotopic (exact) mass is 429 g/mol. The summed E-state index contributed by atoms with van der Waals surface area (Å²) in [6.45, 7) is 1.90. The minimum absolute atomic E-state index is 0.0614. The molecule has 0 spiro atoms. The maximum Gasteiger partial charge on any atom is 0.224 e. The summed E-state index contributed by atoms with van der Waals surface area (Å²) in [5, 5.41) is 3.13. The smallest absolute Gasteiger partial charge is 0.224 e. The Hall–Kier alpha value is -2.93. The van der Waals surface area contributed by atoms with Crippen molar-refractivity contribution in [3.05, 3.63) is 47.5 Å². The van der Waals surface area contributed by atoms with Crippen LogP contribution < -0.4 is 24.3 Å². The predicted molar refractivity (Wildman–Crippen MR) is 118 cm³/mol. The van der Waals surface area contributed by atoms with Gasteiger partial charge in [-0.25, -0.2) is 0 Å². The normalized spacial score (nSPS) is 15.1. The van der Waals surface area contributed by atoms with Crippen molar-refractivity contribution in [1.29, 1.82) is 0 Å². The van der Waals surface area contributed by atoms with Gasteiger partial charge in [0, 0.05) is 25.2 Å². The zero-order valence-corrected chi connectivity index (χ0v) is 18.7. The number of methoxy groups -OCH3 is 4. The third-order valence-electron chi connectivity index (χ3n) is 5.87. The van der Waals surface area contributed by atoms with Gasteiger partial charge in [0.1, 0.15) is 5.75 Å². The Morgan fingerprint density at radius 2 is 1.55 bits per heavy atom. The van der Waals surface area contributed by atoms with Crippen LogP contribution in [0.1, 0.15) is 24.0 Å². The van der Waals surface area contributed by atoms with Gasteiger partial charge in [0.15, 0.2) is 11.5 Å². The molecule has 1 saturated heterocycles. The van der Waals surface area contributed by atoms with E-state index < -0.39 is 0 Å². The molecule has 0 saturated carbocycles. The second-order valence-electron chi connectivity index (χ2n) is 7.61. The van der Waals surface area contributed by atoms with Gasteiger partial charge in [-0.2, -0.15) is 0 Å². The summed E-state index contributed by atoms with van der Waals surface area (Å²) in [7, 11) is 6.33. The zero-order valence-electron chi connectivity index (χ0n) is 18.7. The number of rotatable bonds is 9. The Labute approximate surface area is 183 Å². The predicted octanol–water partition coefficient (Wildman–Crippen LogP) is 3.13. The largest absolute Gasteiger partial charge is 0.497 e. The number of ether oxygens (including phenoxy) is 5. The third kappa shape index (κ3) is 5.22. The van der Waals surface area contributed by atoms with E-state index in [4.69, 9.17) is 23.7 Å². The van der Waals surface area contributed by atoms with Crippen molar-refractivity contribution in [2.45, 2.75) is 24.7 Å². The maximum absolute atomic E-state index is 12.8. The number of carbonyl (C=O) groups excluding carboxylic acids is 1. The molecule has 3 rings (SSSR count). The first kappa shape index (κ1) is 22.7. The van der Waals surface area contributed by atoms with E-state index in [2.05, 4.69) is 17.4 Å². The number of amides is 1. The van der Waals surface area contributed by atoms with Gasteiger partial charge in [0.05, 0.1) is 34.9 Å². The highest BCUT2D eigenvalue weighted by Gasteiger charge is 2.35. The van der Waals surface area contributed by atoms with Crippen molar-refractivity contribution in [3.63, 3.8) is 0 Å². The molecule has 0 aromatic heterocycles. The molecule has 1 N–H and O–H groups in total. The summed E-state index contributed by atoms with van der Waals surface area (Å²) in [5.74, 6) is 2.33. The Kier molecular flexibility index (Phi) is 7.63. The van der Waals surface area contributed by atoms with Crippen molar-refractivity contribution < 1.29 is 28.5 Å². The Bertz CT molecular complexity index is 849. The second-order valence-corrected chi connectivity index (χ2v) is 7.61. The molecule has 31 heavy (non-hydrogen) atoms. The van der Waals surface area contributed by atoms with Crippen LogP contribution >= 0.6 is 0 Å². The molecule has 1 fully saturated rings. The van der Waals surface area contributed by atoms with E-state index >= 15 is 0 Å². The fraction of sp³-hybridized carbons (Fsp3) is 0.458. The number of benzene rings is 2. The summed E-state index contributed by atoms with van der Waals surface area (Å²) in [4.78, 5) is 12.8. The molecule has 0 radical (unpaired) electrons. The van der Waals surface area contributed by atoms with Crippen LogP contribution in [-0.4, -0.2) is 54.1 Å². The lowest BCUT2D eigenvalue weighted by Gasteiger charge is -2.38. The Morgan fingerprint density at radius 3 is 2.06 bits per heavy atom. The molecular formula is C24H31NO6. The summed E-state index contributed by atoms with van der Waals surface area (Å²) < 4.78 is 27.0. The molecule has 0 aliphatic carbocycles. The van der Waals surface area contributed by atoms with Gasteiger partial charge < -0.3 is 29.0 Å². The van der Waals surface area contributed by atoms with Gasteiger partial charge in [-0.3, -0.25) is 4.79 Å². The Morgan fingerprint density at radius 1 is 0.935 bits per heavy atom. The van der Waals surface area contributed by atoms with Crippen LogP contribution in [0.2, 0.25) is 0 Å². The third-order valence-corrected chi connectivity index (χ3v) is 5.87. The first-order chi connectivity index (χ1) is 15.0. The van der Waals surface area contributed by atoms with E-state index in [1.807, 2.05) is 12.1 Å². The van der Waals surface area contributed by atoms with Gasteiger partial charge in [-0.15, -0.1) is 0 Å². The number of carbonyl (C=O) groups is 1. The van der Waals surface area contributed by atoms with Crippen LogP contribution in [0.3, 0.4) is 0 Å². The average molecular weight is 430 g/mol. The van der Waals surface area contributed by atoms with Crippen LogP contribution in [0.4, 0.5) is 0 Å². The number of hydrogen-bond acceptors (Lipinski definition) is 6. The van der Waals surface area contributed by atoms with Crippen molar-refractivity contribution in [2.75, 3.05) is 48.2 Å². The second kappa shape index (κ2) is 10.4. The molecule has 1 heterocycles. The fourth-order valence-corrected chi connectivity index (χ4v) is 4.03. The summed E-state index contributed by atoms with van der Waals surface area (Å²) >= 11 is 0. The van der Waals surface area contributed by atoms with Crippen molar-refractivity contribution in [2.24, 2.45) is 0 Å². The van der Waals surface area contributed by atoms with E-state index in [9.17, 15) is 4.79 Å². The van der Waals surface area contributed by atoms with Crippen molar-refractivity contribution in [1.82, 2.24) is 5.32 Å². The number of hydrogen-bond donors (Lipinski definition) is 1. The minimum atomic E-state index is -0.157. The lowest BCUT2D eigenvalue weighted by atomic mass is 9.74. The topological polar surface area (TPSA) is 75.3 Å². The Balaban J connectivity index is 1.73. The first-order valence-corrected chi connectivity index (χ1v) is 10.3. The lowest BCUT2D eigenvalue weighted by molar-refractivity contribution is -0.120. The summed E-state index contributed by atoms with van der Waals surface area (Å²) in [6, 6.07) is 11.7. The molecule has 7 heteroatoms. The quantitative estimate of drug-likeness (QED) is 0.660. The van der Waals surface area contributed by atoms with Gasteiger partial charge in [0.25, 0.3) is 0 Å². The maximum atomic E-state index is 12.8. The molecular weight excluding hydrogens is 398 g/mol. The van der Waals surface area contributed by atoms with Gasteiger partial charge >= 0.3 is 0 Å². The van der Waals surface area contributed by atoms with Crippen LogP contribution in [0.5, 0.6) is 23.0 Å². The van der Waals surface area contributed by atoms with Crippen LogP contribution in [0.25, 0.3) is 0 Å². The SMILES string of the molecule is COc1ccc(C2(CNC(=O)Cc3cc(OC)c(OC)c(OC)c3)CCOCC2)cc1. The lowest BCUT2D eigenvalue weighted by Crippen LogP contribution is -2.45. The molecule has 1 amide bonds. The van der Waals surface area contributed by atoms with E-state index in [0.717, 1.165) is 24.2 Å². The van der Waals surface area contributed by atoms with Gasteiger partial charge in [0.2, 0.25) is 11.7 Å². The average Bonchev–Trinajstić information content (AvgIpc) is 2.82.